The minimum Gasteiger partial charge on any atom is -0.410 e. The first-order valence-corrected chi connectivity index (χ1v) is 17.4. The molecule has 0 amide bonds. The molecule has 2 nitrogen and oxygen atoms in total. The second-order valence-corrected chi connectivity index (χ2v) is 12.8. The Bertz CT molecular complexity index is 1010. The third-order valence-electron chi connectivity index (χ3n) is 7.40. The summed E-state index contributed by atoms with van der Waals surface area (Å²) in [4.78, 5) is 0. The highest BCUT2D eigenvalue weighted by atomic mass is 28.2. The molecule has 4 aromatic carbocycles. The molecule has 38 heavy (non-hydrogen) atoms. The molecular weight excluding hydrogens is 497 g/mol. The van der Waals surface area contributed by atoms with E-state index in [4.69, 9.17) is 8.85 Å². The molecule has 0 saturated heterocycles. The Morgan fingerprint density at radius 3 is 0.947 bits per heavy atom. The maximum absolute atomic E-state index is 7.00. The average Bonchev–Trinajstić information content (AvgIpc) is 2.99. The monoisotopic (exact) mass is 538 g/mol. The van der Waals surface area contributed by atoms with Gasteiger partial charge >= 0.3 is 0 Å². The Kier molecular flexibility index (Phi) is 10.7. The first-order chi connectivity index (χ1) is 18.7. The second-order valence-electron chi connectivity index (χ2n) is 10.0. The molecule has 0 aromatic heterocycles. The quantitative estimate of drug-likeness (QED) is 0.115. The van der Waals surface area contributed by atoms with Crippen LogP contribution in [-0.4, -0.2) is 19.5 Å². The summed E-state index contributed by atoms with van der Waals surface area (Å²) in [5.41, 5.74) is 4.36. The lowest BCUT2D eigenvalue weighted by Crippen LogP contribution is -2.34. The van der Waals surface area contributed by atoms with Gasteiger partial charge in [0.2, 0.25) is 0 Å². The summed E-state index contributed by atoms with van der Waals surface area (Å²) in [6.45, 7) is 4.51. The summed E-state index contributed by atoms with van der Waals surface area (Å²) in [6.07, 6.45) is 4.13. The van der Waals surface area contributed by atoms with E-state index in [1.54, 1.807) is 0 Å². The van der Waals surface area contributed by atoms with Gasteiger partial charge in [-0.2, -0.15) is 0 Å². The van der Waals surface area contributed by atoms with Crippen molar-refractivity contribution in [3.63, 3.8) is 0 Å². The molecule has 0 atom stereocenters. The number of rotatable bonds is 15. The summed E-state index contributed by atoms with van der Waals surface area (Å²) in [7, 11) is -1.49. The van der Waals surface area contributed by atoms with Gasteiger partial charge in [-0.05, 0) is 47.2 Å². The molecule has 0 aliphatic carbocycles. The van der Waals surface area contributed by atoms with Crippen LogP contribution in [0.3, 0.4) is 0 Å². The van der Waals surface area contributed by atoms with Crippen molar-refractivity contribution in [2.75, 3.05) is 0 Å². The largest absolute Gasteiger partial charge is 0.410 e. The van der Waals surface area contributed by atoms with Gasteiger partial charge in [0.1, 0.15) is 11.2 Å². The van der Waals surface area contributed by atoms with Crippen molar-refractivity contribution < 1.29 is 8.85 Å². The van der Waals surface area contributed by atoms with Gasteiger partial charge in [0.25, 0.3) is 0 Å². The fourth-order valence-electron chi connectivity index (χ4n) is 5.62. The smallest absolute Gasteiger partial charge is 0.163 e. The zero-order valence-electron chi connectivity index (χ0n) is 23.0. The van der Waals surface area contributed by atoms with Gasteiger partial charge in [0.15, 0.2) is 19.5 Å². The normalized spacial score (nSPS) is 12.6. The van der Waals surface area contributed by atoms with Crippen molar-refractivity contribution >= 4 is 19.5 Å². The average molecular weight is 539 g/mol. The summed E-state index contributed by atoms with van der Waals surface area (Å²) >= 11 is 0. The van der Waals surface area contributed by atoms with Gasteiger partial charge in [-0.1, -0.05) is 148 Å². The molecule has 0 N–H and O–H groups in total. The third kappa shape index (κ3) is 6.62. The van der Waals surface area contributed by atoms with Crippen LogP contribution >= 0.6 is 0 Å². The molecule has 0 spiro atoms. The van der Waals surface area contributed by atoms with Crippen molar-refractivity contribution in [2.24, 2.45) is 0 Å². The van der Waals surface area contributed by atoms with Gasteiger partial charge in [0, 0.05) is 0 Å². The Morgan fingerprint density at radius 1 is 0.447 bits per heavy atom. The highest BCUT2D eigenvalue weighted by Gasteiger charge is 2.35. The van der Waals surface area contributed by atoms with Crippen LogP contribution in [0, 0.1) is 0 Å². The van der Waals surface area contributed by atoms with E-state index in [1.165, 1.54) is 22.3 Å². The minimum atomic E-state index is -0.747. The highest BCUT2D eigenvalue weighted by molar-refractivity contribution is 6.34. The van der Waals surface area contributed by atoms with Crippen LogP contribution in [0.15, 0.2) is 121 Å². The van der Waals surface area contributed by atoms with E-state index in [-0.39, 0.29) is 11.2 Å². The Morgan fingerprint density at radius 2 is 0.711 bits per heavy atom. The molecule has 0 saturated carbocycles. The summed E-state index contributed by atoms with van der Waals surface area (Å²) in [5.74, 6) is 0. The predicted molar refractivity (Wildman–Crippen MR) is 166 cm³/mol. The summed E-state index contributed by atoms with van der Waals surface area (Å²) in [5, 5.41) is 0. The Balaban J connectivity index is 1.46. The topological polar surface area (TPSA) is 18.5 Å². The molecule has 0 radical (unpaired) electrons. The third-order valence-corrected chi connectivity index (χ3v) is 11.4. The predicted octanol–water partition coefficient (Wildman–Crippen LogP) is 7.51. The first-order valence-electron chi connectivity index (χ1n) is 14.2. The fourth-order valence-corrected chi connectivity index (χ4v) is 9.19. The number of hydrogen-bond donors (Lipinski definition) is 0. The SMILES string of the molecule is CCCC(O[SiH2]CC[SiH2]OC(CCC)(c1ccccc1)c1ccccc1)(c1ccccc1)c1ccccc1. The van der Waals surface area contributed by atoms with Crippen LogP contribution in [0.5, 0.6) is 0 Å². The van der Waals surface area contributed by atoms with Crippen LogP contribution in [0.1, 0.15) is 61.8 Å². The van der Waals surface area contributed by atoms with E-state index < -0.39 is 19.5 Å². The highest BCUT2D eigenvalue weighted by Crippen LogP contribution is 2.39. The van der Waals surface area contributed by atoms with Crippen LogP contribution in [0.25, 0.3) is 0 Å². The van der Waals surface area contributed by atoms with Gasteiger partial charge in [-0.15, -0.1) is 0 Å². The van der Waals surface area contributed by atoms with Gasteiger partial charge in [-0.3, -0.25) is 0 Å². The van der Waals surface area contributed by atoms with Gasteiger partial charge < -0.3 is 8.85 Å². The molecule has 198 valence electrons. The Labute approximate surface area is 234 Å². The first kappa shape index (κ1) is 28.2. The molecule has 4 aromatic rings. The maximum Gasteiger partial charge on any atom is 0.163 e. The molecule has 4 rings (SSSR count). The van der Waals surface area contributed by atoms with E-state index in [9.17, 15) is 0 Å². The summed E-state index contributed by atoms with van der Waals surface area (Å²) in [6, 6.07) is 45.6. The molecule has 0 bridgehead atoms. The molecule has 0 heterocycles. The molecule has 0 unspecified atom stereocenters. The van der Waals surface area contributed by atoms with Gasteiger partial charge in [0.05, 0.1) is 0 Å². The van der Waals surface area contributed by atoms with Crippen LogP contribution in [-0.2, 0) is 20.1 Å². The molecule has 0 aliphatic heterocycles. The summed E-state index contributed by atoms with van der Waals surface area (Å²) < 4.78 is 14.0. The lowest BCUT2D eigenvalue weighted by molar-refractivity contribution is 0.102. The number of benzene rings is 4. The minimum absolute atomic E-state index is 0.355. The molecule has 0 aliphatic rings. The maximum atomic E-state index is 7.00. The van der Waals surface area contributed by atoms with E-state index in [1.807, 2.05) is 0 Å². The zero-order valence-corrected chi connectivity index (χ0v) is 25.8. The van der Waals surface area contributed by atoms with E-state index in [0.29, 0.717) is 0 Å². The van der Waals surface area contributed by atoms with Crippen LogP contribution < -0.4 is 0 Å². The van der Waals surface area contributed by atoms with Crippen molar-refractivity contribution in [3.05, 3.63) is 144 Å². The molecular formula is C34H42O2Si2. The van der Waals surface area contributed by atoms with Crippen LogP contribution in [0.2, 0.25) is 12.1 Å². The van der Waals surface area contributed by atoms with Crippen molar-refractivity contribution in [2.45, 2.75) is 62.8 Å². The van der Waals surface area contributed by atoms with Crippen LogP contribution in [0.4, 0.5) is 0 Å². The lowest BCUT2D eigenvalue weighted by atomic mass is 9.83. The van der Waals surface area contributed by atoms with E-state index >= 15 is 0 Å². The Hall–Kier alpha value is -2.77. The van der Waals surface area contributed by atoms with Crippen molar-refractivity contribution in [1.29, 1.82) is 0 Å². The molecule has 4 heteroatoms. The van der Waals surface area contributed by atoms with E-state index in [2.05, 4.69) is 135 Å². The van der Waals surface area contributed by atoms with E-state index in [0.717, 1.165) is 37.8 Å². The lowest BCUT2D eigenvalue weighted by Gasteiger charge is -2.37. The standard InChI is InChI=1S/C34H42O2Si2/c1-3-25-33(29-17-9-5-10-18-29,30-19-11-6-12-20-30)35-37-27-28-38-36-34(26-4-2,31-21-13-7-14-22-31)32-23-15-8-16-24-32/h5-24H,3-4,25-28,37-38H2,1-2H3. The fraction of sp³-hybridized carbons (Fsp3) is 0.294. The molecule has 0 fully saturated rings. The second kappa shape index (κ2) is 14.4. The number of hydrogen-bond acceptors (Lipinski definition) is 2. The van der Waals surface area contributed by atoms with Crippen molar-refractivity contribution in [1.82, 2.24) is 0 Å². The van der Waals surface area contributed by atoms with Crippen molar-refractivity contribution in [3.8, 4) is 0 Å². The zero-order chi connectivity index (χ0) is 26.5. The van der Waals surface area contributed by atoms with Gasteiger partial charge in [-0.25, -0.2) is 0 Å².